The van der Waals surface area contributed by atoms with E-state index in [9.17, 15) is 9.90 Å². The number of benzene rings is 1. The molecule has 1 amide bonds. The molecule has 2 aliphatic carbocycles. The molecule has 1 heterocycles. The predicted molar refractivity (Wildman–Crippen MR) is 112 cm³/mol. The Morgan fingerprint density at radius 2 is 2.00 bits per heavy atom. The summed E-state index contributed by atoms with van der Waals surface area (Å²) in [5, 5.41) is 9.68. The van der Waals surface area contributed by atoms with Crippen LogP contribution in [-0.4, -0.2) is 47.4 Å². The Balaban J connectivity index is 1.52. The van der Waals surface area contributed by atoms with Gasteiger partial charge < -0.3 is 14.7 Å². The second-order valence-corrected chi connectivity index (χ2v) is 8.24. The number of aliphatic hydroxyl groups is 1. The molecule has 0 saturated heterocycles. The SMILES string of the molecule is COc1cccc(C(=O)N(C2CC2)C2CCC(CCO)(C3=NC=C=C=C3)CC2)c1. The highest BCUT2D eigenvalue weighted by molar-refractivity contribution is 6.00. The van der Waals surface area contributed by atoms with Gasteiger partial charge in [0.1, 0.15) is 5.75 Å². The maximum Gasteiger partial charge on any atom is 0.254 e. The topological polar surface area (TPSA) is 62.1 Å². The van der Waals surface area contributed by atoms with Crippen LogP contribution in [0, 0.1) is 5.41 Å². The first kappa shape index (κ1) is 19.7. The van der Waals surface area contributed by atoms with Gasteiger partial charge in [-0.3, -0.25) is 9.79 Å². The van der Waals surface area contributed by atoms with Gasteiger partial charge in [0, 0.05) is 35.7 Å². The minimum atomic E-state index is -0.134. The van der Waals surface area contributed by atoms with E-state index >= 15 is 0 Å². The van der Waals surface area contributed by atoms with Gasteiger partial charge in [-0.1, -0.05) is 17.5 Å². The minimum absolute atomic E-state index is 0.104. The number of aliphatic imine (C=N–C) groups is 1. The van der Waals surface area contributed by atoms with Gasteiger partial charge in [0.15, 0.2) is 0 Å². The zero-order valence-corrected chi connectivity index (χ0v) is 16.9. The third kappa shape index (κ3) is 4.09. The molecule has 1 N–H and O–H groups in total. The fraction of sp³-hybridized carbons (Fsp3) is 0.500. The van der Waals surface area contributed by atoms with E-state index in [4.69, 9.17) is 4.74 Å². The molecule has 0 radical (unpaired) electrons. The number of allylic oxidation sites excluding steroid dienone is 1. The molecule has 0 atom stereocenters. The predicted octanol–water partition coefficient (Wildman–Crippen LogP) is 3.89. The van der Waals surface area contributed by atoms with Gasteiger partial charge in [-0.05, 0) is 63.1 Å². The largest absolute Gasteiger partial charge is 0.497 e. The lowest BCUT2D eigenvalue weighted by molar-refractivity contribution is 0.0543. The van der Waals surface area contributed by atoms with E-state index in [0.717, 1.165) is 44.2 Å². The molecule has 0 bridgehead atoms. The van der Waals surface area contributed by atoms with Crippen LogP contribution < -0.4 is 4.74 Å². The number of carbonyl (C=O) groups excluding carboxylic acids is 1. The smallest absolute Gasteiger partial charge is 0.254 e. The molecule has 1 aromatic rings. The molecule has 29 heavy (non-hydrogen) atoms. The summed E-state index contributed by atoms with van der Waals surface area (Å²) in [4.78, 5) is 20.0. The van der Waals surface area contributed by atoms with Crippen molar-refractivity contribution in [3.8, 4) is 5.75 Å². The van der Waals surface area contributed by atoms with Gasteiger partial charge in [-0.25, -0.2) is 0 Å². The molecule has 1 aliphatic heterocycles. The molecule has 0 spiro atoms. The van der Waals surface area contributed by atoms with Gasteiger partial charge in [0.25, 0.3) is 5.91 Å². The van der Waals surface area contributed by atoms with Gasteiger partial charge in [0.05, 0.1) is 19.0 Å². The van der Waals surface area contributed by atoms with Crippen molar-refractivity contribution < 1.29 is 14.6 Å². The lowest BCUT2D eigenvalue weighted by Crippen LogP contribution is -2.47. The van der Waals surface area contributed by atoms with Gasteiger partial charge in [0.2, 0.25) is 0 Å². The summed E-state index contributed by atoms with van der Waals surface area (Å²) in [6, 6.07) is 8.02. The highest BCUT2D eigenvalue weighted by Crippen LogP contribution is 2.45. The third-order valence-electron chi connectivity index (χ3n) is 6.49. The lowest BCUT2D eigenvalue weighted by atomic mass is 9.67. The third-order valence-corrected chi connectivity index (χ3v) is 6.49. The van der Waals surface area contributed by atoms with E-state index in [1.165, 1.54) is 0 Å². The normalized spacial score (nSPS) is 25.6. The molecule has 5 heteroatoms. The summed E-state index contributed by atoms with van der Waals surface area (Å²) in [6.45, 7) is 0.139. The zero-order chi connectivity index (χ0) is 20.3. The number of hydrogen-bond donors (Lipinski definition) is 1. The van der Waals surface area contributed by atoms with E-state index in [1.807, 2.05) is 30.3 Å². The van der Waals surface area contributed by atoms with Crippen molar-refractivity contribution in [2.75, 3.05) is 13.7 Å². The quantitative estimate of drug-likeness (QED) is 0.716. The molecule has 2 saturated carbocycles. The first-order valence-electron chi connectivity index (χ1n) is 10.5. The van der Waals surface area contributed by atoms with Crippen molar-refractivity contribution in [1.82, 2.24) is 4.90 Å². The second-order valence-electron chi connectivity index (χ2n) is 8.24. The molecule has 5 nitrogen and oxygen atoms in total. The fourth-order valence-electron chi connectivity index (χ4n) is 4.75. The highest BCUT2D eigenvalue weighted by atomic mass is 16.5. The minimum Gasteiger partial charge on any atom is -0.497 e. The van der Waals surface area contributed by atoms with Crippen molar-refractivity contribution >= 4 is 11.6 Å². The number of ether oxygens (including phenoxy) is 1. The number of nitrogens with zero attached hydrogens (tertiary/aromatic N) is 2. The number of amides is 1. The Labute approximate surface area is 172 Å². The van der Waals surface area contributed by atoms with Gasteiger partial charge >= 0.3 is 0 Å². The Morgan fingerprint density at radius 1 is 1.24 bits per heavy atom. The summed E-state index contributed by atoms with van der Waals surface area (Å²) in [5.41, 5.74) is 7.42. The number of rotatable bonds is 7. The van der Waals surface area contributed by atoms with Crippen molar-refractivity contribution in [2.45, 2.75) is 57.0 Å². The van der Waals surface area contributed by atoms with Crippen LogP contribution in [0.25, 0.3) is 0 Å². The standard InChI is InChI=1S/C24H28N2O3/c1-29-21-6-4-5-18(17-21)23(28)26(19-8-9-19)20-10-12-24(13-11-20,14-16-27)22-7-2-3-15-25-22/h4-7,15,17,19-20,27H,8-14,16H2,1H3. The Kier molecular flexibility index (Phi) is 5.73. The Morgan fingerprint density at radius 3 is 2.62 bits per heavy atom. The Hall–Kier alpha value is -2.58. The summed E-state index contributed by atoms with van der Waals surface area (Å²) in [6.07, 6.45) is 10.1. The van der Waals surface area contributed by atoms with Crippen LogP contribution in [0.5, 0.6) is 5.75 Å². The molecular weight excluding hydrogens is 364 g/mol. The van der Waals surface area contributed by atoms with E-state index in [1.54, 1.807) is 13.3 Å². The summed E-state index contributed by atoms with van der Waals surface area (Å²) in [5.74, 6) is 0.812. The van der Waals surface area contributed by atoms with Crippen molar-refractivity contribution in [3.63, 3.8) is 0 Å². The molecule has 152 valence electrons. The molecule has 4 rings (SSSR count). The van der Waals surface area contributed by atoms with Crippen LogP contribution >= 0.6 is 0 Å². The van der Waals surface area contributed by atoms with Crippen LogP contribution in [-0.2, 0) is 0 Å². The maximum atomic E-state index is 13.4. The maximum absolute atomic E-state index is 13.4. The van der Waals surface area contributed by atoms with E-state index in [0.29, 0.717) is 23.8 Å². The van der Waals surface area contributed by atoms with Crippen molar-refractivity contribution in [1.29, 1.82) is 0 Å². The van der Waals surface area contributed by atoms with Crippen LogP contribution in [0.2, 0.25) is 0 Å². The lowest BCUT2D eigenvalue weighted by Gasteiger charge is -2.44. The molecular formula is C24H28N2O3. The van der Waals surface area contributed by atoms with Crippen LogP contribution in [0.3, 0.4) is 0 Å². The number of carbonyl (C=O) groups is 1. The van der Waals surface area contributed by atoms with Crippen LogP contribution in [0.1, 0.15) is 55.3 Å². The molecule has 0 unspecified atom stereocenters. The summed E-state index contributed by atoms with van der Waals surface area (Å²) >= 11 is 0. The fourth-order valence-corrected chi connectivity index (χ4v) is 4.75. The molecule has 3 aliphatic rings. The number of hydrogen-bond acceptors (Lipinski definition) is 4. The van der Waals surface area contributed by atoms with E-state index < -0.39 is 0 Å². The average molecular weight is 392 g/mol. The molecule has 0 aromatic heterocycles. The van der Waals surface area contributed by atoms with E-state index in [2.05, 4.69) is 21.4 Å². The summed E-state index contributed by atoms with van der Waals surface area (Å²) < 4.78 is 5.30. The molecule has 2 fully saturated rings. The Bertz CT molecular complexity index is 894. The molecule has 1 aromatic carbocycles. The number of aliphatic hydroxyl groups excluding tert-OH is 1. The second kappa shape index (κ2) is 8.42. The highest BCUT2D eigenvalue weighted by Gasteiger charge is 2.44. The van der Waals surface area contributed by atoms with Gasteiger partial charge in [-0.2, -0.15) is 0 Å². The first-order valence-corrected chi connectivity index (χ1v) is 10.5. The van der Waals surface area contributed by atoms with Crippen molar-refractivity contribution in [3.05, 3.63) is 53.6 Å². The van der Waals surface area contributed by atoms with Crippen molar-refractivity contribution in [2.24, 2.45) is 10.4 Å². The van der Waals surface area contributed by atoms with Crippen LogP contribution in [0.4, 0.5) is 0 Å². The van der Waals surface area contributed by atoms with Crippen LogP contribution in [0.15, 0.2) is 53.0 Å². The van der Waals surface area contributed by atoms with Gasteiger partial charge in [-0.15, -0.1) is 0 Å². The monoisotopic (exact) mass is 392 g/mol. The summed E-state index contributed by atoms with van der Waals surface area (Å²) in [7, 11) is 1.62. The van der Waals surface area contributed by atoms with E-state index in [-0.39, 0.29) is 24.0 Å². The average Bonchev–Trinajstić information content (AvgIpc) is 3.61. The first-order chi connectivity index (χ1) is 14.2. The number of methoxy groups -OCH3 is 1. The zero-order valence-electron chi connectivity index (χ0n) is 16.9.